The minimum absolute atomic E-state index is 0.113. The van der Waals surface area contributed by atoms with Gasteiger partial charge in [0.15, 0.2) is 9.37 Å². The molecule has 0 radical (unpaired) electrons. The number of carboxylic acid groups (broad SMARTS) is 1. The highest BCUT2D eigenvalue weighted by atomic mass is 32.2. The molecule has 6 nitrogen and oxygen atoms in total. The van der Waals surface area contributed by atoms with E-state index >= 15 is 0 Å². The third-order valence-electron chi connectivity index (χ3n) is 2.27. The average molecular weight is 297 g/mol. The first-order chi connectivity index (χ1) is 9.10. The number of rotatable bonds is 5. The van der Waals surface area contributed by atoms with Gasteiger partial charge in [-0.3, -0.25) is 9.59 Å². The molecule has 2 heterocycles. The predicted octanol–water partition coefficient (Wildman–Crippen LogP) is 1.50. The number of hydrogen-bond acceptors (Lipinski definition) is 6. The van der Waals surface area contributed by atoms with Crippen LogP contribution in [0.25, 0.3) is 0 Å². The monoisotopic (exact) mass is 297 g/mol. The van der Waals surface area contributed by atoms with E-state index in [9.17, 15) is 9.59 Å². The molecule has 0 atom stereocenters. The fraction of sp³-hybridized carbons (Fsp3) is 0.273. The number of carbonyl (C=O) groups is 1. The summed E-state index contributed by atoms with van der Waals surface area (Å²) in [6.07, 6.45) is 3.08. The minimum atomic E-state index is -0.923. The summed E-state index contributed by atoms with van der Waals surface area (Å²) in [5, 5.41) is 10.7. The molecule has 0 aliphatic carbocycles. The van der Waals surface area contributed by atoms with Crippen molar-refractivity contribution in [3.63, 3.8) is 0 Å². The molecule has 100 valence electrons. The zero-order valence-electron chi connectivity index (χ0n) is 10.1. The van der Waals surface area contributed by atoms with Gasteiger partial charge in [-0.2, -0.15) is 0 Å². The van der Waals surface area contributed by atoms with Gasteiger partial charge in [0.2, 0.25) is 0 Å². The maximum atomic E-state index is 12.0. The van der Waals surface area contributed by atoms with Gasteiger partial charge in [-0.25, -0.2) is 9.97 Å². The Bertz CT molecular complexity index is 651. The summed E-state index contributed by atoms with van der Waals surface area (Å²) in [6.45, 7) is 2.46. The number of aryl methyl sites for hydroxylation is 1. The Balaban J connectivity index is 2.19. The van der Waals surface area contributed by atoms with Crippen LogP contribution in [0, 0.1) is 0 Å². The van der Waals surface area contributed by atoms with Gasteiger partial charge >= 0.3 is 5.97 Å². The highest BCUT2D eigenvalue weighted by molar-refractivity contribution is 8.00. The predicted molar refractivity (Wildman–Crippen MR) is 71.7 cm³/mol. The smallest absolute Gasteiger partial charge is 0.309 e. The third kappa shape index (κ3) is 3.42. The Morgan fingerprint density at radius 2 is 2.37 bits per heavy atom. The molecule has 0 saturated heterocycles. The first kappa shape index (κ1) is 13.8. The van der Waals surface area contributed by atoms with Crippen molar-refractivity contribution in [2.75, 3.05) is 0 Å². The van der Waals surface area contributed by atoms with Crippen molar-refractivity contribution in [3.8, 4) is 0 Å². The quantitative estimate of drug-likeness (QED) is 0.900. The lowest BCUT2D eigenvalue weighted by molar-refractivity contribution is -0.136. The van der Waals surface area contributed by atoms with Crippen LogP contribution in [0.5, 0.6) is 0 Å². The van der Waals surface area contributed by atoms with Crippen LogP contribution in [0.15, 0.2) is 31.9 Å². The lowest BCUT2D eigenvalue weighted by Gasteiger charge is -2.02. The van der Waals surface area contributed by atoms with Crippen molar-refractivity contribution >= 4 is 29.1 Å². The zero-order valence-corrected chi connectivity index (χ0v) is 11.7. The molecule has 0 spiro atoms. The first-order valence-corrected chi connectivity index (χ1v) is 7.19. The highest BCUT2D eigenvalue weighted by Gasteiger charge is 2.11. The van der Waals surface area contributed by atoms with Crippen molar-refractivity contribution in [1.82, 2.24) is 14.5 Å². The van der Waals surface area contributed by atoms with Gasteiger partial charge in [-0.05, 0) is 18.7 Å². The highest BCUT2D eigenvalue weighted by Crippen LogP contribution is 2.26. The van der Waals surface area contributed by atoms with E-state index in [0.717, 1.165) is 11.8 Å². The van der Waals surface area contributed by atoms with E-state index in [4.69, 9.17) is 5.11 Å². The molecular formula is C11H11N3O3S2. The fourth-order valence-electron chi connectivity index (χ4n) is 1.40. The maximum Gasteiger partial charge on any atom is 0.309 e. The van der Waals surface area contributed by atoms with Crippen molar-refractivity contribution in [3.05, 3.63) is 33.8 Å². The summed E-state index contributed by atoms with van der Waals surface area (Å²) in [5.41, 5.74) is 0.330. The van der Waals surface area contributed by atoms with Gasteiger partial charge in [0.25, 0.3) is 5.56 Å². The molecule has 0 bridgehead atoms. The van der Waals surface area contributed by atoms with E-state index in [0.29, 0.717) is 21.6 Å². The molecule has 2 aromatic rings. The van der Waals surface area contributed by atoms with Gasteiger partial charge in [-0.1, -0.05) is 0 Å². The van der Waals surface area contributed by atoms with Crippen LogP contribution in [0.4, 0.5) is 0 Å². The van der Waals surface area contributed by atoms with E-state index in [2.05, 4.69) is 9.97 Å². The lowest BCUT2D eigenvalue weighted by Crippen LogP contribution is -2.20. The van der Waals surface area contributed by atoms with E-state index in [1.807, 2.05) is 6.92 Å². The second-order valence-electron chi connectivity index (χ2n) is 3.60. The molecule has 19 heavy (non-hydrogen) atoms. The molecule has 1 N–H and O–H groups in total. The number of aromatic nitrogens is 3. The number of thiazole rings is 1. The minimum Gasteiger partial charge on any atom is -0.481 e. The van der Waals surface area contributed by atoms with Crippen molar-refractivity contribution in [2.45, 2.75) is 29.3 Å². The fourth-order valence-corrected chi connectivity index (χ4v) is 3.16. The van der Waals surface area contributed by atoms with Crippen LogP contribution in [-0.2, 0) is 17.8 Å². The largest absolute Gasteiger partial charge is 0.481 e. The summed E-state index contributed by atoms with van der Waals surface area (Å²) in [4.78, 5) is 30.7. The van der Waals surface area contributed by atoms with Gasteiger partial charge in [-0.15, -0.1) is 11.3 Å². The van der Waals surface area contributed by atoms with Crippen LogP contribution in [0.2, 0.25) is 0 Å². The number of aliphatic carboxylic acids is 1. The third-order valence-corrected chi connectivity index (χ3v) is 4.23. The van der Waals surface area contributed by atoms with Crippen molar-refractivity contribution in [1.29, 1.82) is 0 Å². The average Bonchev–Trinajstić information content (AvgIpc) is 2.78. The van der Waals surface area contributed by atoms with Crippen LogP contribution in [-0.4, -0.2) is 25.6 Å². The molecule has 0 aromatic carbocycles. The molecule has 0 unspecified atom stereocenters. The van der Waals surface area contributed by atoms with Crippen molar-refractivity contribution in [2.24, 2.45) is 0 Å². The molecule has 2 rings (SSSR count). The number of hydrogen-bond donors (Lipinski definition) is 1. The standard InChI is InChI=1S/C11H11N3O3S2/c1-2-14-4-3-12-9(10(14)17)19-11-13-7(6-18-11)5-8(15)16/h3-4,6H,2,5H2,1H3,(H,15,16). The summed E-state index contributed by atoms with van der Waals surface area (Å²) in [7, 11) is 0. The summed E-state index contributed by atoms with van der Waals surface area (Å²) < 4.78 is 2.18. The molecule has 0 amide bonds. The van der Waals surface area contributed by atoms with Gasteiger partial charge in [0.1, 0.15) is 0 Å². The molecule has 2 aromatic heterocycles. The van der Waals surface area contributed by atoms with Crippen LogP contribution in [0.1, 0.15) is 12.6 Å². The Morgan fingerprint density at radius 1 is 1.58 bits per heavy atom. The van der Waals surface area contributed by atoms with E-state index in [1.54, 1.807) is 22.3 Å². The Morgan fingerprint density at radius 3 is 3.05 bits per heavy atom. The normalized spacial score (nSPS) is 10.6. The second kappa shape index (κ2) is 5.98. The number of nitrogens with zero attached hydrogens (tertiary/aromatic N) is 3. The summed E-state index contributed by atoms with van der Waals surface area (Å²) in [5.74, 6) is -0.923. The van der Waals surface area contributed by atoms with E-state index in [1.165, 1.54) is 11.3 Å². The van der Waals surface area contributed by atoms with Crippen LogP contribution < -0.4 is 5.56 Å². The Labute approximate surface area is 117 Å². The SMILES string of the molecule is CCn1ccnc(Sc2nc(CC(=O)O)cs2)c1=O. The van der Waals surface area contributed by atoms with E-state index in [-0.39, 0.29) is 12.0 Å². The molecule has 0 aliphatic rings. The maximum absolute atomic E-state index is 12.0. The summed E-state index contributed by atoms with van der Waals surface area (Å²) >= 11 is 2.47. The van der Waals surface area contributed by atoms with Crippen LogP contribution >= 0.6 is 23.1 Å². The zero-order chi connectivity index (χ0) is 13.8. The van der Waals surface area contributed by atoms with Gasteiger partial charge < -0.3 is 9.67 Å². The van der Waals surface area contributed by atoms with E-state index < -0.39 is 5.97 Å². The Kier molecular flexibility index (Phi) is 4.33. The van der Waals surface area contributed by atoms with Crippen molar-refractivity contribution < 1.29 is 9.90 Å². The number of carboxylic acids is 1. The van der Waals surface area contributed by atoms with Crippen LogP contribution in [0.3, 0.4) is 0 Å². The van der Waals surface area contributed by atoms with Gasteiger partial charge in [0.05, 0.1) is 12.1 Å². The first-order valence-electron chi connectivity index (χ1n) is 5.49. The molecular weight excluding hydrogens is 286 g/mol. The van der Waals surface area contributed by atoms with Gasteiger partial charge in [0, 0.05) is 24.3 Å². The molecule has 0 saturated carbocycles. The topological polar surface area (TPSA) is 85.1 Å². The molecule has 0 fully saturated rings. The second-order valence-corrected chi connectivity index (χ2v) is 5.69. The molecule has 8 heteroatoms. The Hall–Kier alpha value is -1.67. The molecule has 0 aliphatic heterocycles. The lowest BCUT2D eigenvalue weighted by atomic mass is 10.3. The summed E-state index contributed by atoms with van der Waals surface area (Å²) in [6, 6.07) is 0.